The summed E-state index contributed by atoms with van der Waals surface area (Å²) in [6.45, 7) is 4.13. The minimum absolute atomic E-state index is 0.527. The second-order valence-corrected chi connectivity index (χ2v) is 5.92. The van der Waals surface area contributed by atoms with Gasteiger partial charge in [-0.05, 0) is 43.1 Å². The van der Waals surface area contributed by atoms with Crippen molar-refractivity contribution in [2.75, 3.05) is 13.1 Å². The van der Waals surface area contributed by atoms with Crippen LogP contribution < -0.4 is 5.32 Å². The molecule has 0 amide bonds. The highest BCUT2D eigenvalue weighted by molar-refractivity contribution is 9.10. The monoisotopic (exact) mass is 336 g/mol. The number of hydrogen-bond donors (Lipinski definition) is 1. The average Bonchev–Trinajstić information content (AvgIpc) is 2.84. The lowest BCUT2D eigenvalue weighted by Crippen LogP contribution is -2.26. The summed E-state index contributed by atoms with van der Waals surface area (Å²) < 4.78 is 2.98. The van der Waals surface area contributed by atoms with Crippen LogP contribution in [0.15, 0.2) is 35.1 Å². The lowest BCUT2D eigenvalue weighted by Gasteiger charge is -2.17. The molecule has 0 fully saturated rings. The lowest BCUT2D eigenvalue weighted by atomic mass is 9.95. The van der Waals surface area contributed by atoms with Gasteiger partial charge in [0.05, 0.1) is 0 Å². The maximum absolute atomic E-state index is 4.34. The number of hydrogen-bond acceptors (Lipinski definition) is 3. The van der Waals surface area contributed by atoms with Crippen LogP contribution in [0.1, 0.15) is 18.3 Å². The van der Waals surface area contributed by atoms with Crippen molar-refractivity contribution in [2.45, 2.75) is 19.8 Å². The fourth-order valence-electron chi connectivity index (χ4n) is 2.28. The number of nitrogens with one attached hydrogen (secondary N) is 1. The summed E-state index contributed by atoms with van der Waals surface area (Å²) in [5.41, 5.74) is 1.36. The molecular formula is C15H21BrN4. The fraction of sp³-hybridized carbons (Fsp3) is 0.467. The molecule has 4 nitrogen and oxygen atoms in total. The zero-order valence-corrected chi connectivity index (χ0v) is 13.6. The molecule has 0 spiro atoms. The number of halogens is 1. The van der Waals surface area contributed by atoms with Gasteiger partial charge in [-0.25, -0.2) is 4.98 Å². The van der Waals surface area contributed by atoms with E-state index in [2.05, 4.69) is 62.5 Å². The summed E-state index contributed by atoms with van der Waals surface area (Å²) in [5.74, 6) is 1.57. The first-order valence-corrected chi connectivity index (χ1v) is 7.76. The fourth-order valence-corrected chi connectivity index (χ4v) is 2.55. The van der Waals surface area contributed by atoms with E-state index >= 15 is 0 Å². The number of benzene rings is 1. The van der Waals surface area contributed by atoms with Gasteiger partial charge in [-0.15, -0.1) is 0 Å². The molecule has 20 heavy (non-hydrogen) atoms. The van der Waals surface area contributed by atoms with Crippen LogP contribution in [0.4, 0.5) is 0 Å². The minimum Gasteiger partial charge on any atom is -0.317 e. The van der Waals surface area contributed by atoms with Crippen LogP contribution in [-0.4, -0.2) is 27.9 Å². The Kier molecular flexibility index (Phi) is 5.73. The van der Waals surface area contributed by atoms with Crippen LogP contribution in [0.25, 0.3) is 0 Å². The van der Waals surface area contributed by atoms with E-state index in [1.54, 1.807) is 6.33 Å². The third-order valence-corrected chi connectivity index (χ3v) is 3.93. The highest BCUT2D eigenvalue weighted by Gasteiger charge is 2.13. The van der Waals surface area contributed by atoms with E-state index in [4.69, 9.17) is 0 Å². The van der Waals surface area contributed by atoms with Crippen molar-refractivity contribution in [1.29, 1.82) is 0 Å². The molecule has 1 atom stereocenters. The van der Waals surface area contributed by atoms with Crippen molar-refractivity contribution in [3.8, 4) is 0 Å². The summed E-state index contributed by atoms with van der Waals surface area (Å²) in [6, 6.07) is 8.56. The van der Waals surface area contributed by atoms with Crippen LogP contribution in [0.3, 0.4) is 0 Å². The summed E-state index contributed by atoms with van der Waals surface area (Å²) in [4.78, 5) is 4.34. The van der Waals surface area contributed by atoms with Crippen molar-refractivity contribution in [1.82, 2.24) is 20.1 Å². The first-order chi connectivity index (χ1) is 9.69. The molecule has 1 heterocycles. The molecule has 0 bridgehead atoms. The van der Waals surface area contributed by atoms with Crippen molar-refractivity contribution in [2.24, 2.45) is 13.0 Å². The molecular weight excluding hydrogens is 316 g/mol. The second kappa shape index (κ2) is 7.55. The molecule has 1 aromatic carbocycles. The topological polar surface area (TPSA) is 42.7 Å². The summed E-state index contributed by atoms with van der Waals surface area (Å²) >= 11 is 3.48. The molecule has 5 heteroatoms. The number of nitrogens with zero attached hydrogens (tertiary/aromatic N) is 3. The first-order valence-electron chi connectivity index (χ1n) is 6.97. The van der Waals surface area contributed by atoms with E-state index in [1.165, 1.54) is 5.56 Å². The van der Waals surface area contributed by atoms with Gasteiger partial charge in [0, 0.05) is 17.9 Å². The second-order valence-electron chi connectivity index (χ2n) is 5.01. The van der Waals surface area contributed by atoms with Crippen LogP contribution >= 0.6 is 15.9 Å². The Morgan fingerprint density at radius 2 is 2.00 bits per heavy atom. The molecule has 1 aromatic heterocycles. The maximum atomic E-state index is 4.34. The standard InChI is InChI=1S/C15H21BrN4/c1-3-17-10-13(9-15-18-11-19-20(15)2)8-12-4-6-14(16)7-5-12/h4-7,11,13,17H,3,8-10H2,1-2H3. The third kappa shape index (κ3) is 4.42. The van der Waals surface area contributed by atoms with Crippen molar-refractivity contribution < 1.29 is 0 Å². The molecule has 108 valence electrons. The van der Waals surface area contributed by atoms with Crippen molar-refractivity contribution >= 4 is 15.9 Å². The average molecular weight is 337 g/mol. The van der Waals surface area contributed by atoms with Gasteiger partial charge in [0.15, 0.2) is 0 Å². The van der Waals surface area contributed by atoms with Gasteiger partial charge < -0.3 is 5.32 Å². The number of aryl methyl sites for hydroxylation is 1. The molecule has 0 aliphatic heterocycles. The molecule has 0 saturated carbocycles. The Balaban J connectivity index is 2.03. The Bertz CT molecular complexity index is 521. The molecule has 1 unspecified atom stereocenters. The first kappa shape index (κ1) is 15.2. The minimum atomic E-state index is 0.527. The zero-order chi connectivity index (χ0) is 14.4. The maximum Gasteiger partial charge on any atom is 0.138 e. The predicted molar refractivity (Wildman–Crippen MR) is 84.6 cm³/mol. The zero-order valence-electron chi connectivity index (χ0n) is 12.0. The molecule has 1 N–H and O–H groups in total. The summed E-state index contributed by atoms with van der Waals surface area (Å²) in [6.07, 6.45) is 3.62. The van der Waals surface area contributed by atoms with Gasteiger partial charge >= 0.3 is 0 Å². The van der Waals surface area contributed by atoms with Crippen molar-refractivity contribution in [3.63, 3.8) is 0 Å². The molecule has 0 radical (unpaired) electrons. The van der Waals surface area contributed by atoms with Gasteiger partial charge in [-0.2, -0.15) is 5.10 Å². The van der Waals surface area contributed by atoms with E-state index in [0.29, 0.717) is 5.92 Å². The van der Waals surface area contributed by atoms with Crippen molar-refractivity contribution in [3.05, 3.63) is 46.5 Å². The van der Waals surface area contributed by atoms with Crippen LogP contribution in [0.2, 0.25) is 0 Å². The van der Waals surface area contributed by atoms with Gasteiger partial charge in [0.2, 0.25) is 0 Å². The van der Waals surface area contributed by atoms with E-state index in [1.807, 2.05) is 11.7 Å². The largest absolute Gasteiger partial charge is 0.317 e. The van der Waals surface area contributed by atoms with E-state index in [-0.39, 0.29) is 0 Å². The Labute approximate surface area is 128 Å². The lowest BCUT2D eigenvalue weighted by molar-refractivity contribution is 0.459. The molecule has 2 rings (SSSR count). The highest BCUT2D eigenvalue weighted by Crippen LogP contribution is 2.16. The molecule has 0 aliphatic rings. The van der Waals surface area contributed by atoms with Crippen LogP contribution in [0.5, 0.6) is 0 Å². The molecule has 0 aliphatic carbocycles. The van der Waals surface area contributed by atoms with Gasteiger partial charge in [0.1, 0.15) is 12.2 Å². The van der Waals surface area contributed by atoms with Gasteiger partial charge in [-0.1, -0.05) is 35.0 Å². The van der Waals surface area contributed by atoms with Gasteiger partial charge in [0.25, 0.3) is 0 Å². The Hall–Kier alpha value is -1.20. The van der Waals surface area contributed by atoms with E-state index in [9.17, 15) is 0 Å². The Morgan fingerprint density at radius 1 is 1.25 bits per heavy atom. The van der Waals surface area contributed by atoms with E-state index < -0.39 is 0 Å². The quantitative estimate of drug-likeness (QED) is 0.845. The van der Waals surface area contributed by atoms with Crippen LogP contribution in [0, 0.1) is 5.92 Å². The summed E-state index contributed by atoms with van der Waals surface area (Å²) in [7, 11) is 1.95. The SMILES string of the molecule is CCNCC(Cc1ccc(Br)cc1)Cc1ncnn1C. The third-order valence-electron chi connectivity index (χ3n) is 3.40. The Morgan fingerprint density at radius 3 is 2.60 bits per heavy atom. The molecule has 2 aromatic rings. The summed E-state index contributed by atoms with van der Waals surface area (Å²) in [5, 5.41) is 7.59. The van der Waals surface area contributed by atoms with E-state index in [0.717, 1.165) is 36.2 Å². The smallest absolute Gasteiger partial charge is 0.138 e. The molecule has 0 saturated heterocycles. The number of rotatable bonds is 7. The normalized spacial score (nSPS) is 12.6. The predicted octanol–water partition coefficient (Wildman–Crippen LogP) is 2.59. The van der Waals surface area contributed by atoms with Gasteiger partial charge in [-0.3, -0.25) is 4.68 Å². The van der Waals surface area contributed by atoms with Crippen LogP contribution in [-0.2, 0) is 19.9 Å². The number of aromatic nitrogens is 3. The highest BCUT2D eigenvalue weighted by atomic mass is 79.9.